The van der Waals surface area contributed by atoms with Gasteiger partial charge in [-0.15, -0.1) is 0 Å². The van der Waals surface area contributed by atoms with Crippen LogP contribution in [0.1, 0.15) is 42.9 Å². The first kappa shape index (κ1) is 13.1. The predicted octanol–water partition coefficient (Wildman–Crippen LogP) is 2.62. The molecular weight excluding hydrogens is 240 g/mol. The standard InChI is InChI=1S/C16H22O3/c17-16-14-8-2-1-5-12(14)6-3-9-15(16)19-11-13-7-4-10-18-13/h1-2,5,8,13,15-17H,3-4,6-7,9-11H2. The minimum atomic E-state index is -0.500. The lowest BCUT2D eigenvalue weighted by Crippen LogP contribution is -2.26. The summed E-state index contributed by atoms with van der Waals surface area (Å²) in [6, 6.07) is 8.17. The first-order valence-corrected chi connectivity index (χ1v) is 7.33. The Morgan fingerprint density at radius 3 is 2.95 bits per heavy atom. The Morgan fingerprint density at radius 1 is 1.21 bits per heavy atom. The molecule has 0 aromatic heterocycles. The van der Waals surface area contributed by atoms with E-state index < -0.39 is 6.10 Å². The van der Waals surface area contributed by atoms with Crippen molar-refractivity contribution in [2.45, 2.75) is 50.4 Å². The van der Waals surface area contributed by atoms with E-state index in [9.17, 15) is 5.11 Å². The fourth-order valence-corrected chi connectivity index (χ4v) is 3.08. The quantitative estimate of drug-likeness (QED) is 0.851. The summed E-state index contributed by atoms with van der Waals surface area (Å²) in [7, 11) is 0. The molecule has 0 amide bonds. The number of benzene rings is 1. The number of aryl methyl sites for hydroxylation is 1. The topological polar surface area (TPSA) is 38.7 Å². The molecule has 3 unspecified atom stereocenters. The molecule has 0 spiro atoms. The second kappa shape index (κ2) is 6.04. The van der Waals surface area contributed by atoms with Gasteiger partial charge in [-0.05, 0) is 43.2 Å². The van der Waals surface area contributed by atoms with Crippen molar-refractivity contribution in [3.05, 3.63) is 35.4 Å². The van der Waals surface area contributed by atoms with Crippen molar-refractivity contribution < 1.29 is 14.6 Å². The van der Waals surface area contributed by atoms with Gasteiger partial charge in [0.1, 0.15) is 6.10 Å². The van der Waals surface area contributed by atoms with Gasteiger partial charge in [0.2, 0.25) is 0 Å². The summed E-state index contributed by atoms with van der Waals surface area (Å²) in [6.07, 6.45) is 4.88. The van der Waals surface area contributed by atoms with Gasteiger partial charge in [-0.1, -0.05) is 24.3 Å². The molecule has 1 aliphatic carbocycles. The van der Waals surface area contributed by atoms with Crippen LogP contribution in [0, 0.1) is 0 Å². The summed E-state index contributed by atoms with van der Waals surface area (Å²) in [5, 5.41) is 10.5. The van der Waals surface area contributed by atoms with Gasteiger partial charge in [-0.3, -0.25) is 0 Å². The van der Waals surface area contributed by atoms with Crippen LogP contribution < -0.4 is 0 Å². The van der Waals surface area contributed by atoms with Crippen molar-refractivity contribution in [3.8, 4) is 0 Å². The van der Waals surface area contributed by atoms with Gasteiger partial charge in [0.15, 0.2) is 0 Å². The van der Waals surface area contributed by atoms with Crippen LogP contribution in [-0.2, 0) is 15.9 Å². The number of aliphatic hydroxyl groups excluding tert-OH is 1. The van der Waals surface area contributed by atoms with E-state index in [1.165, 1.54) is 5.56 Å². The zero-order chi connectivity index (χ0) is 13.1. The minimum Gasteiger partial charge on any atom is -0.386 e. The summed E-state index contributed by atoms with van der Waals surface area (Å²) >= 11 is 0. The zero-order valence-corrected chi connectivity index (χ0v) is 11.3. The third-order valence-corrected chi connectivity index (χ3v) is 4.18. The molecule has 104 valence electrons. The van der Waals surface area contributed by atoms with Crippen molar-refractivity contribution >= 4 is 0 Å². The Hall–Kier alpha value is -0.900. The highest BCUT2D eigenvalue weighted by molar-refractivity contribution is 5.30. The van der Waals surface area contributed by atoms with E-state index in [1.54, 1.807) is 0 Å². The molecule has 1 aliphatic heterocycles. The Bertz CT molecular complexity index is 412. The molecule has 1 N–H and O–H groups in total. The fourth-order valence-electron chi connectivity index (χ4n) is 3.08. The summed E-state index contributed by atoms with van der Waals surface area (Å²) in [6.45, 7) is 1.47. The number of ether oxygens (including phenoxy) is 2. The Morgan fingerprint density at radius 2 is 2.11 bits per heavy atom. The lowest BCUT2D eigenvalue weighted by atomic mass is 10.0. The molecule has 3 nitrogen and oxygen atoms in total. The largest absolute Gasteiger partial charge is 0.386 e. The lowest BCUT2D eigenvalue weighted by molar-refractivity contribution is -0.0740. The maximum absolute atomic E-state index is 10.5. The Kier molecular flexibility index (Phi) is 4.16. The summed E-state index contributed by atoms with van der Waals surface area (Å²) in [5.74, 6) is 0. The molecule has 2 aliphatic rings. The highest BCUT2D eigenvalue weighted by Crippen LogP contribution is 2.31. The molecule has 19 heavy (non-hydrogen) atoms. The third-order valence-electron chi connectivity index (χ3n) is 4.18. The highest BCUT2D eigenvalue weighted by atomic mass is 16.5. The van der Waals surface area contributed by atoms with Crippen LogP contribution >= 0.6 is 0 Å². The van der Waals surface area contributed by atoms with Crippen molar-refractivity contribution in [2.24, 2.45) is 0 Å². The molecule has 1 aromatic carbocycles. The Balaban J connectivity index is 1.65. The van der Waals surface area contributed by atoms with E-state index in [4.69, 9.17) is 9.47 Å². The molecule has 1 fully saturated rings. The second-order valence-electron chi connectivity index (χ2n) is 5.54. The van der Waals surface area contributed by atoms with Crippen LogP contribution in [-0.4, -0.2) is 30.5 Å². The van der Waals surface area contributed by atoms with Crippen molar-refractivity contribution in [2.75, 3.05) is 13.2 Å². The first-order chi connectivity index (χ1) is 9.34. The predicted molar refractivity (Wildman–Crippen MR) is 73.1 cm³/mol. The SMILES string of the molecule is OC1c2ccccc2CCCC1OCC1CCCO1. The molecule has 0 bridgehead atoms. The van der Waals surface area contributed by atoms with Gasteiger partial charge < -0.3 is 14.6 Å². The third kappa shape index (κ3) is 2.99. The number of fused-ring (bicyclic) bond motifs is 1. The van der Waals surface area contributed by atoms with E-state index in [1.807, 2.05) is 18.2 Å². The molecule has 3 heteroatoms. The van der Waals surface area contributed by atoms with Crippen LogP contribution in [0.15, 0.2) is 24.3 Å². The number of rotatable bonds is 3. The average molecular weight is 262 g/mol. The van der Waals surface area contributed by atoms with Crippen molar-refractivity contribution in [1.82, 2.24) is 0 Å². The summed E-state index contributed by atoms with van der Waals surface area (Å²) in [4.78, 5) is 0. The Labute approximate surface area is 114 Å². The lowest BCUT2D eigenvalue weighted by Gasteiger charge is -2.23. The van der Waals surface area contributed by atoms with Crippen molar-refractivity contribution in [1.29, 1.82) is 0 Å². The van der Waals surface area contributed by atoms with E-state index in [-0.39, 0.29) is 12.2 Å². The van der Waals surface area contributed by atoms with E-state index >= 15 is 0 Å². The molecule has 3 atom stereocenters. The fraction of sp³-hybridized carbons (Fsp3) is 0.625. The highest BCUT2D eigenvalue weighted by Gasteiger charge is 2.27. The summed E-state index contributed by atoms with van der Waals surface area (Å²) in [5.41, 5.74) is 2.30. The smallest absolute Gasteiger partial charge is 0.105 e. The van der Waals surface area contributed by atoms with E-state index in [0.29, 0.717) is 6.61 Å². The molecule has 1 saturated heterocycles. The van der Waals surface area contributed by atoms with E-state index in [2.05, 4.69) is 6.07 Å². The molecule has 1 aromatic rings. The maximum Gasteiger partial charge on any atom is 0.105 e. The first-order valence-electron chi connectivity index (χ1n) is 7.33. The van der Waals surface area contributed by atoms with Gasteiger partial charge in [0.25, 0.3) is 0 Å². The van der Waals surface area contributed by atoms with Crippen LogP contribution in [0.25, 0.3) is 0 Å². The molecule has 1 heterocycles. The van der Waals surface area contributed by atoms with Gasteiger partial charge >= 0.3 is 0 Å². The summed E-state index contributed by atoms with van der Waals surface area (Å²) < 4.78 is 11.5. The number of hydrogen-bond donors (Lipinski definition) is 1. The number of hydrogen-bond acceptors (Lipinski definition) is 3. The zero-order valence-electron chi connectivity index (χ0n) is 11.3. The van der Waals surface area contributed by atoms with Crippen LogP contribution in [0.4, 0.5) is 0 Å². The van der Waals surface area contributed by atoms with Crippen molar-refractivity contribution in [3.63, 3.8) is 0 Å². The van der Waals surface area contributed by atoms with Gasteiger partial charge in [-0.2, -0.15) is 0 Å². The number of aliphatic hydroxyl groups is 1. The molecule has 3 rings (SSSR count). The average Bonchev–Trinajstić information content (AvgIpc) is 2.90. The molecule has 0 saturated carbocycles. The van der Waals surface area contributed by atoms with Crippen LogP contribution in [0.3, 0.4) is 0 Å². The van der Waals surface area contributed by atoms with Crippen LogP contribution in [0.5, 0.6) is 0 Å². The normalized spacial score (nSPS) is 30.9. The van der Waals surface area contributed by atoms with E-state index in [0.717, 1.165) is 44.3 Å². The van der Waals surface area contributed by atoms with Gasteiger partial charge in [0, 0.05) is 6.61 Å². The monoisotopic (exact) mass is 262 g/mol. The second-order valence-corrected chi connectivity index (χ2v) is 5.54. The maximum atomic E-state index is 10.5. The minimum absolute atomic E-state index is 0.0900. The van der Waals surface area contributed by atoms with Gasteiger partial charge in [0.05, 0.1) is 18.8 Å². The molecule has 0 radical (unpaired) electrons. The van der Waals surface area contributed by atoms with Crippen LogP contribution in [0.2, 0.25) is 0 Å². The van der Waals surface area contributed by atoms with Gasteiger partial charge in [-0.25, -0.2) is 0 Å². The molecular formula is C16H22O3.